The summed E-state index contributed by atoms with van der Waals surface area (Å²) >= 11 is 0. The first-order valence-corrected chi connectivity index (χ1v) is 9.06. The monoisotopic (exact) mass is 360 g/mol. The number of amides is 1. The molecular formula is C18H28N6O2. The maximum atomic E-state index is 12.2. The van der Waals surface area contributed by atoms with Crippen molar-refractivity contribution in [2.24, 2.45) is 0 Å². The van der Waals surface area contributed by atoms with Crippen molar-refractivity contribution < 1.29 is 9.53 Å². The second-order valence-corrected chi connectivity index (χ2v) is 7.62. The van der Waals surface area contributed by atoms with Crippen molar-refractivity contribution in [3.05, 3.63) is 11.8 Å². The fourth-order valence-electron chi connectivity index (χ4n) is 3.17. The number of aryl methyl sites for hydroxylation is 2. The van der Waals surface area contributed by atoms with E-state index < -0.39 is 5.60 Å². The molecule has 0 saturated carbocycles. The van der Waals surface area contributed by atoms with Crippen LogP contribution in [0.1, 0.15) is 33.4 Å². The third-order valence-electron chi connectivity index (χ3n) is 4.51. The molecule has 26 heavy (non-hydrogen) atoms. The number of hydrogen-bond donors (Lipinski definition) is 1. The Kier molecular flexibility index (Phi) is 4.68. The van der Waals surface area contributed by atoms with Gasteiger partial charge in [-0.05, 0) is 40.7 Å². The Bertz CT molecular complexity index is 815. The molecule has 2 N–H and O–H groups in total. The normalized spacial score (nSPS) is 15.6. The molecule has 1 aliphatic heterocycles. The number of hydrogen-bond acceptors (Lipinski definition) is 6. The molecule has 2 aromatic rings. The zero-order valence-corrected chi connectivity index (χ0v) is 16.2. The summed E-state index contributed by atoms with van der Waals surface area (Å²) in [7, 11) is 0. The molecule has 1 amide bonds. The number of carbonyl (C=O) groups is 1. The molecular weight excluding hydrogens is 332 g/mol. The molecule has 0 aromatic carbocycles. The summed E-state index contributed by atoms with van der Waals surface area (Å²) in [6.45, 7) is 13.0. The number of ether oxygens (including phenoxy) is 1. The molecule has 8 nitrogen and oxygen atoms in total. The Hall–Kier alpha value is -2.51. The van der Waals surface area contributed by atoms with Gasteiger partial charge in [0.25, 0.3) is 0 Å². The molecule has 0 aliphatic carbocycles. The fourth-order valence-corrected chi connectivity index (χ4v) is 3.17. The van der Waals surface area contributed by atoms with E-state index in [4.69, 9.17) is 10.5 Å². The number of nitrogens with two attached hydrogens (primary N) is 1. The van der Waals surface area contributed by atoms with Crippen molar-refractivity contribution in [2.45, 2.75) is 46.8 Å². The number of fused-ring (bicyclic) bond motifs is 1. The van der Waals surface area contributed by atoms with Crippen molar-refractivity contribution in [1.29, 1.82) is 0 Å². The van der Waals surface area contributed by atoms with Crippen LogP contribution in [0.4, 0.5) is 16.3 Å². The van der Waals surface area contributed by atoms with E-state index in [9.17, 15) is 4.79 Å². The number of aromatic nitrogens is 3. The van der Waals surface area contributed by atoms with E-state index in [0.717, 1.165) is 29.9 Å². The van der Waals surface area contributed by atoms with Crippen molar-refractivity contribution in [3.8, 4) is 0 Å². The quantitative estimate of drug-likeness (QED) is 0.884. The van der Waals surface area contributed by atoms with Gasteiger partial charge in [0.15, 0.2) is 5.65 Å². The van der Waals surface area contributed by atoms with Gasteiger partial charge in [-0.2, -0.15) is 5.10 Å². The molecule has 1 fully saturated rings. The lowest BCUT2D eigenvalue weighted by Crippen LogP contribution is -2.50. The van der Waals surface area contributed by atoms with Crippen LogP contribution in [0, 0.1) is 6.92 Å². The van der Waals surface area contributed by atoms with E-state index in [1.807, 2.05) is 34.6 Å². The van der Waals surface area contributed by atoms with E-state index in [-0.39, 0.29) is 6.09 Å². The maximum absolute atomic E-state index is 12.2. The predicted octanol–water partition coefficient (Wildman–Crippen LogP) is 2.40. The second kappa shape index (κ2) is 6.66. The topological polar surface area (TPSA) is 89.5 Å². The first-order chi connectivity index (χ1) is 12.2. The molecule has 2 aromatic heterocycles. The molecule has 0 bridgehead atoms. The summed E-state index contributed by atoms with van der Waals surface area (Å²) < 4.78 is 7.22. The van der Waals surface area contributed by atoms with Gasteiger partial charge in [-0.25, -0.2) is 14.5 Å². The van der Waals surface area contributed by atoms with Gasteiger partial charge < -0.3 is 20.3 Å². The zero-order chi connectivity index (χ0) is 19.1. The van der Waals surface area contributed by atoms with Gasteiger partial charge in [0.2, 0.25) is 0 Å². The van der Waals surface area contributed by atoms with Crippen LogP contribution in [0.5, 0.6) is 0 Å². The minimum atomic E-state index is -0.475. The van der Waals surface area contributed by atoms with E-state index in [0.29, 0.717) is 31.1 Å². The summed E-state index contributed by atoms with van der Waals surface area (Å²) in [5, 5.41) is 5.32. The van der Waals surface area contributed by atoms with Crippen LogP contribution < -0.4 is 10.6 Å². The van der Waals surface area contributed by atoms with Gasteiger partial charge in [-0.15, -0.1) is 0 Å². The Morgan fingerprint density at radius 1 is 1.27 bits per heavy atom. The largest absolute Gasteiger partial charge is 0.444 e. The number of rotatable bonds is 2. The van der Waals surface area contributed by atoms with Gasteiger partial charge in [0.05, 0.1) is 16.8 Å². The van der Waals surface area contributed by atoms with Crippen LogP contribution in [-0.2, 0) is 11.3 Å². The standard InChI is InChI=1S/C18H28N6O2/c1-6-24-15(19)13-11-14(12(2)20-16(13)21-24)22-7-9-23(10-8-22)17(25)26-18(3,4)5/h11H,6-10,19H2,1-5H3. The van der Waals surface area contributed by atoms with Gasteiger partial charge in [-0.1, -0.05) is 0 Å². The van der Waals surface area contributed by atoms with Crippen molar-refractivity contribution in [2.75, 3.05) is 36.8 Å². The predicted molar refractivity (Wildman–Crippen MR) is 102 cm³/mol. The van der Waals surface area contributed by atoms with E-state index in [1.165, 1.54) is 0 Å². The molecule has 0 unspecified atom stereocenters. The van der Waals surface area contributed by atoms with E-state index in [1.54, 1.807) is 9.58 Å². The first kappa shape index (κ1) is 18.3. The molecule has 1 saturated heterocycles. The van der Waals surface area contributed by atoms with Gasteiger partial charge in [0.1, 0.15) is 11.4 Å². The third kappa shape index (κ3) is 3.54. The van der Waals surface area contributed by atoms with E-state index >= 15 is 0 Å². The minimum absolute atomic E-state index is 0.254. The molecule has 0 radical (unpaired) electrons. The van der Waals surface area contributed by atoms with Crippen LogP contribution in [0.3, 0.4) is 0 Å². The lowest BCUT2D eigenvalue weighted by atomic mass is 10.2. The number of nitrogens with zero attached hydrogens (tertiary/aromatic N) is 5. The van der Waals surface area contributed by atoms with Crippen LogP contribution in [0.2, 0.25) is 0 Å². The third-order valence-corrected chi connectivity index (χ3v) is 4.51. The fraction of sp³-hybridized carbons (Fsp3) is 0.611. The minimum Gasteiger partial charge on any atom is -0.444 e. The Morgan fingerprint density at radius 3 is 2.50 bits per heavy atom. The number of nitrogen functional groups attached to an aromatic ring is 1. The first-order valence-electron chi connectivity index (χ1n) is 9.06. The highest BCUT2D eigenvalue weighted by Crippen LogP contribution is 2.28. The summed E-state index contributed by atoms with van der Waals surface area (Å²) in [6, 6.07) is 2.06. The number of carbonyl (C=O) groups excluding carboxylic acids is 1. The molecule has 142 valence electrons. The van der Waals surface area contributed by atoms with Crippen LogP contribution in [0.15, 0.2) is 6.07 Å². The smallest absolute Gasteiger partial charge is 0.410 e. The molecule has 8 heteroatoms. The number of piperazine rings is 1. The molecule has 0 spiro atoms. The molecule has 0 atom stereocenters. The van der Waals surface area contributed by atoms with Gasteiger partial charge in [0, 0.05) is 32.7 Å². The summed E-state index contributed by atoms with van der Waals surface area (Å²) in [5.74, 6) is 0.642. The van der Waals surface area contributed by atoms with Crippen molar-refractivity contribution in [3.63, 3.8) is 0 Å². The summed E-state index contributed by atoms with van der Waals surface area (Å²) in [4.78, 5) is 20.8. The Labute approximate surface area is 153 Å². The maximum Gasteiger partial charge on any atom is 0.410 e. The Morgan fingerprint density at radius 2 is 1.92 bits per heavy atom. The van der Waals surface area contributed by atoms with Gasteiger partial charge in [-0.3, -0.25) is 0 Å². The highest BCUT2D eigenvalue weighted by atomic mass is 16.6. The van der Waals surface area contributed by atoms with Crippen LogP contribution >= 0.6 is 0 Å². The highest BCUT2D eigenvalue weighted by Gasteiger charge is 2.27. The summed E-state index contributed by atoms with van der Waals surface area (Å²) in [5.41, 5.74) is 8.36. The average Bonchev–Trinajstić information content (AvgIpc) is 2.88. The van der Waals surface area contributed by atoms with E-state index in [2.05, 4.69) is 21.0 Å². The summed E-state index contributed by atoms with van der Waals surface area (Å²) in [6.07, 6.45) is -0.254. The second-order valence-electron chi connectivity index (χ2n) is 7.62. The highest BCUT2D eigenvalue weighted by molar-refractivity contribution is 5.89. The molecule has 3 rings (SSSR count). The number of pyridine rings is 1. The zero-order valence-electron chi connectivity index (χ0n) is 16.2. The average molecular weight is 360 g/mol. The SMILES string of the molecule is CCn1nc2nc(C)c(N3CCN(C(=O)OC(C)(C)C)CC3)cc2c1N. The van der Waals surface area contributed by atoms with Crippen molar-refractivity contribution >= 4 is 28.6 Å². The van der Waals surface area contributed by atoms with Crippen LogP contribution in [-0.4, -0.2) is 57.5 Å². The lowest BCUT2D eigenvalue weighted by Gasteiger charge is -2.37. The molecule has 1 aliphatic rings. The molecule has 3 heterocycles. The number of anilines is 2. The van der Waals surface area contributed by atoms with Crippen LogP contribution in [0.25, 0.3) is 11.0 Å². The van der Waals surface area contributed by atoms with Gasteiger partial charge >= 0.3 is 6.09 Å². The Balaban J connectivity index is 1.76. The van der Waals surface area contributed by atoms with Crippen molar-refractivity contribution in [1.82, 2.24) is 19.7 Å². The lowest BCUT2D eigenvalue weighted by molar-refractivity contribution is 0.0240.